The minimum atomic E-state index is -5.13. The number of hydrogen-bond donors (Lipinski definition) is 6. The molecular formula is C22H22ClN3O11S3. The molecule has 2 aromatic carbocycles. The quantitative estimate of drug-likeness (QED) is 0.111. The van der Waals surface area contributed by atoms with E-state index >= 15 is 0 Å². The van der Waals surface area contributed by atoms with Gasteiger partial charge in [0.15, 0.2) is 14.7 Å². The monoisotopic (exact) mass is 635 g/mol. The zero-order valence-electron chi connectivity index (χ0n) is 20.4. The van der Waals surface area contributed by atoms with Gasteiger partial charge in [-0.25, -0.2) is 8.42 Å². The maximum absolute atomic E-state index is 13.0. The average molecular weight is 636 g/mol. The topological polar surface area (TPSA) is 251 Å². The number of aromatic nitrogens is 1. The van der Waals surface area contributed by atoms with Gasteiger partial charge in [0, 0.05) is 17.0 Å². The normalized spacial score (nSPS) is 12.3. The van der Waals surface area contributed by atoms with Crippen LogP contribution in [0.4, 0.5) is 11.4 Å². The SMILES string of the molecule is Cc1c(S(=O)(=O)O)c(O)[nH]c(=O)c1-c1c(NC(=O)c2ccc(CS(=O)(=O)CCCl)cc2)ccc(S(=O)(=O)O)c1N. The molecule has 1 aromatic heterocycles. The number of nitrogens with two attached hydrogens (primary N) is 1. The highest BCUT2D eigenvalue weighted by Gasteiger charge is 2.29. The Hall–Kier alpha value is -3.48. The lowest BCUT2D eigenvalue weighted by molar-refractivity contribution is 0.102. The van der Waals surface area contributed by atoms with E-state index in [4.69, 9.17) is 17.3 Å². The minimum Gasteiger partial charge on any atom is -0.494 e. The number of H-pyrrole nitrogens is 1. The molecule has 3 rings (SSSR count). The van der Waals surface area contributed by atoms with Crippen LogP contribution in [0.15, 0.2) is 51.0 Å². The van der Waals surface area contributed by atoms with Crippen LogP contribution >= 0.6 is 11.6 Å². The van der Waals surface area contributed by atoms with Crippen molar-refractivity contribution in [1.29, 1.82) is 0 Å². The molecule has 0 saturated heterocycles. The number of nitrogen functional groups attached to an aromatic ring is 1. The minimum absolute atomic E-state index is 0.00293. The van der Waals surface area contributed by atoms with Crippen molar-refractivity contribution in [2.24, 2.45) is 0 Å². The van der Waals surface area contributed by atoms with Crippen molar-refractivity contribution in [1.82, 2.24) is 4.98 Å². The fourth-order valence-electron chi connectivity index (χ4n) is 3.89. The third-order valence-corrected chi connectivity index (χ3v) is 9.56. The van der Waals surface area contributed by atoms with Gasteiger partial charge in [-0.15, -0.1) is 11.6 Å². The van der Waals surface area contributed by atoms with E-state index in [0.29, 0.717) is 5.56 Å². The predicted molar refractivity (Wildman–Crippen MR) is 146 cm³/mol. The van der Waals surface area contributed by atoms with E-state index in [1.165, 1.54) is 24.3 Å². The number of aromatic amines is 1. The fourth-order valence-corrected chi connectivity index (χ4v) is 7.08. The Morgan fingerprint density at radius 2 is 1.57 bits per heavy atom. The van der Waals surface area contributed by atoms with Crippen molar-refractivity contribution >= 4 is 59.0 Å². The number of carbonyl (C=O) groups excluding carboxylic acids is 1. The van der Waals surface area contributed by atoms with Crippen LogP contribution in [-0.4, -0.2) is 62.0 Å². The average Bonchev–Trinajstić information content (AvgIpc) is 2.78. The Morgan fingerprint density at radius 3 is 2.10 bits per heavy atom. The Kier molecular flexibility index (Phi) is 8.68. The summed E-state index contributed by atoms with van der Waals surface area (Å²) in [5.74, 6) is -2.69. The van der Waals surface area contributed by atoms with Crippen LogP contribution in [0.5, 0.6) is 5.88 Å². The van der Waals surface area contributed by atoms with E-state index in [9.17, 15) is 49.1 Å². The van der Waals surface area contributed by atoms with E-state index in [2.05, 4.69) is 5.32 Å². The molecular weight excluding hydrogens is 614 g/mol. The van der Waals surface area contributed by atoms with Crippen molar-refractivity contribution < 1.29 is 44.3 Å². The zero-order chi connectivity index (χ0) is 30.2. The summed E-state index contributed by atoms with van der Waals surface area (Å²) >= 11 is 5.49. The van der Waals surface area contributed by atoms with Gasteiger partial charge in [-0.3, -0.25) is 23.7 Å². The van der Waals surface area contributed by atoms with Gasteiger partial charge in [-0.05, 0) is 42.3 Å². The summed E-state index contributed by atoms with van der Waals surface area (Å²) in [7, 11) is -13.6. The molecule has 0 aliphatic carbocycles. The summed E-state index contributed by atoms with van der Waals surface area (Å²) < 4.78 is 90.7. The number of amides is 1. The van der Waals surface area contributed by atoms with Crippen molar-refractivity contribution in [2.45, 2.75) is 22.5 Å². The van der Waals surface area contributed by atoms with E-state index in [1.54, 1.807) is 0 Å². The van der Waals surface area contributed by atoms with Gasteiger partial charge in [0.2, 0.25) is 5.88 Å². The molecule has 1 heterocycles. The summed E-state index contributed by atoms with van der Waals surface area (Å²) in [6.45, 7) is 1.01. The largest absolute Gasteiger partial charge is 0.494 e. The number of halogens is 1. The van der Waals surface area contributed by atoms with E-state index in [1.807, 2.05) is 4.98 Å². The maximum atomic E-state index is 13.0. The van der Waals surface area contributed by atoms with E-state index < -0.39 is 79.6 Å². The van der Waals surface area contributed by atoms with Gasteiger partial charge in [0.1, 0.15) is 4.90 Å². The molecule has 0 bridgehead atoms. The molecule has 0 saturated carbocycles. The molecule has 3 aromatic rings. The number of aromatic hydroxyl groups is 1. The molecule has 0 atom stereocenters. The molecule has 14 nitrogen and oxygen atoms in total. The number of benzene rings is 2. The van der Waals surface area contributed by atoms with Crippen LogP contribution in [0.2, 0.25) is 0 Å². The lowest BCUT2D eigenvalue weighted by Gasteiger charge is -2.18. The van der Waals surface area contributed by atoms with Gasteiger partial charge in [-0.1, -0.05) is 12.1 Å². The molecule has 0 aliphatic heterocycles. The number of anilines is 2. The molecule has 216 valence electrons. The van der Waals surface area contributed by atoms with Crippen LogP contribution in [0, 0.1) is 6.92 Å². The summed E-state index contributed by atoms with van der Waals surface area (Å²) in [5, 5.41) is 12.3. The van der Waals surface area contributed by atoms with E-state index in [-0.39, 0.29) is 28.6 Å². The lowest BCUT2D eigenvalue weighted by Crippen LogP contribution is -2.19. The van der Waals surface area contributed by atoms with Crippen LogP contribution in [0.3, 0.4) is 0 Å². The smallest absolute Gasteiger partial charge is 0.300 e. The summed E-state index contributed by atoms with van der Waals surface area (Å²) in [6.07, 6.45) is 0. The number of carbonyl (C=O) groups is 1. The Bertz CT molecular complexity index is 1890. The van der Waals surface area contributed by atoms with Gasteiger partial charge in [0.05, 0.1) is 28.4 Å². The third kappa shape index (κ3) is 6.62. The first-order valence-electron chi connectivity index (χ1n) is 10.9. The summed E-state index contributed by atoms with van der Waals surface area (Å²) in [5.41, 5.74) is 2.33. The van der Waals surface area contributed by atoms with E-state index in [0.717, 1.165) is 19.1 Å². The fraction of sp³-hybridized carbons (Fsp3) is 0.182. The second kappa shape index (κ2) is 11.2. The zero-order valence-corrected chi connectivity index (χ0v) is 23.6. The molecule has 1 amide bonds. The summed E-state index contributed by atoms with van der Waals surface area (Å²) in [4.78, 5) is 25.7. The number of pyridine rings is 1. The van der Waals surface area contributed by atoms with Gasteiger partial charge in [0.25, 0.3) is 31.7 Å². The highest BCUT2D eigenvalue weighted by molar-refractivity contribution is 7.90. The van der Waals surface area contributed by atoms with Crippen molar-refractivity contribution in [3.63, 3.8) is 0 Å². The highest BCUT2D eigenvalue weighted by atomic mass is 35.5. The molecule has 18 heteroatoms. The van der Waals surface area contributed by atoms with Crippen molar-refractivity contribution in [3.8, 4) is 17.0 Å². The number of alkyl halides is 1. The molecule has 0 unspecified atom stereocenters. The molecule has 0 radical (unpaired) electrons. The summed E-state index contributed by atoms with van der Waals surface area (Å²) in [6, 6.07) is 7.15. The maximum Gasteiger partial charge on any atom is 0.300 e. The lowest BCUT2D eigenvalue weighted by atomic mass is 9.98. The van der Waals surface area contributed by atoms with Gasteiger partial charge < -0.3 is 16.2 Å². The number of nitrogens with one attached hydrogen (secondary N) is 2. The van der Waals surface area contributed by atoms with Crippen LogP contribution in [-0.2, 0) is 35.8 Å². The number of sulfone groups is 1. The predicted octanol–water partition coefficient (Wildman–Crippen LogP) is 1.54. The number of rotatable bonds is 9. The molecule has 7 N–H and O–H groups in total. The van der Waals surface area contributed by atoms with Crippen LogP contribution in [0.1, 0.15) is 21.5 Å². The first-order chi connectivity index (χ1) is 18.4. The molecule has 40 heavy (non-hydrogen) atoms. The van der Waals surface area contributed by atoms with Crippen molar-refractivity contribution in [3.05, 3.63) is 63.4 Å². The molecule has 0 spiro atoms. The molecule has 0 fully saturated rings. The van der Waals surface area contributed by atoms with Crippen LogP contribution < -0.4 is 16.6 Å². The van der Waals surface area contributed by atoms with Gasteiger partial charge in [-0.2, -0.15) is 16.8 Å². The highest BCUT2D eigenvalue weighted by Crippen LogP contribution is 2.40. The first kappa shape index (κ1) is 31.1. The number of hydrogen-bond acceptors (Lipinski definition) is 10. The standard InChI is InChI=1S/C22H22ClN3O11S3/c1-11-16(21(28)26-22(29)19(11)40(35,36)37)17-14(6-7-15(18(17)24)39(32,33)34)25-20(27)13-4-2-12(3-5-13)10-38(30,31)9-8-23/h2-7H,8-10,24H2,1H3,(H,25,27)(H2,26,28,29)(H,32,33,34)(H,35,36,37). The van der Waals surface area contributed by atoms with Crippen molar-refractivity contribution in [2.75, 3.05) is 22.7 Å². The van der Waals surface area contributed by atoms with Gasteiger partial charge >= 0.3 is 0 Å². The molecule has 0 aliphatic rings. The first-order valence-corrected chi connectivity index (χ1v) is 16.1. The second-order valence-electron chi connectivity index (χ2n) is 8.41. The van der Waals surface area contributed by atoms with Crippen LogP contribution in [0.25, 0.3) is 11.1 Å². The third-order valence-electron chi connectivity index (χ3n) is 5.62. The Labute approximate surface area is 233 Å². The Morgan fingerprint density at radius 1 is 0.975 bits per heavy atom. The second-order valence-corrected chi connectivity index (χ2v) is 13.7. The Balaban J connectivity index is 2.17.